The van der Waals surface area contributed by atoms with Crippen LogP contribution in [0.2, 0.25) is 16.6 Å². The Labute approximate surface area is 108 Å². The Morgan fingerprint density at radius 3 is 1.71 bits per heavy atom. The van der Waals surface area contributed by atoms with E-state index in [-0.39, 0.29) is 5.60 Å². The van der Waals surface area contributed by atoms with E-state index >= 15 is 0 Å². The molecule has 1 fully saturated rings. The van der Waals surface area contributed by atoms with E-state index < -0.39 is 8.32 Å². The Morgan fingerprint density at radius 2 is 1.41 bits per heavy atom. The summed E-state index contributed by atoms with van der Waals surface area (Å²) in [7, 11) is -1.71. The van der Waals surface area contributed by atoms with Crippen LogP contribution in [0.4, 0.5) is 0 Å². The average Bonchev–Trinajstić information content (AvgIpc) is 2.89. The first-order valence-corrected chi connectivity index (χ1v) is 9.25. The zero-order chi connectivity index (χ0) is 13.3. The molecule has 0 bridgehead atoms. The van der Waals surface area contributed by atoms with E-state index in [2.05, 4.69) is 41.5 Å². The van der Waals surface area contributed by atoms with Crippen molar-refractivity contribution in [2.75, 3.05) is 6.61 Å². The molecule has 0 aliphatic heterocycles. The van der Waals surface area contributed by atoms with Gasteiger partial charge in [0.05, 0.1) is 5.60 Å². The lowest BCUT2D eigenvalue weighted by molar-refractivity contribution is 0.112. The van der Waals surface area contributed by atoms with Gasteiger partial charge in [-0.25, -0.2) is 0 Å². The van der Waals surface area contributed by atoms with Gasteiger partial charge in [-0.15, -0.1) is 0 Å². The summed E-state index contributed by atoms with van der Waals surface area (Å²) in [6, 6.07) is 0. The molecular weight excluding hydrogens is 228 g/mol. The third kappa shape index (κ3) is 3.33. The van der Waals surface area contributed by atoms with E-state index in [1.807, 2.05) is 0 Å². The van der Waals surface area contributed by atoms with Crippen LogP contribution in [0, 0.1) is 0 Å². The molecular formula is C14H30O2Si. The zero-order valence-electron chi connectivity index (χ0n) is 12.4. The van der Waals surface area contributed by atoms with Gasteiger partial charge in [0.1, 0.15) is 0 Å². The van der Waals surface area contributed by atoms with Gasteiger partial charge in [0, 0.05) is 6.61 Å². The fraction of sp³-hybridized carbons (Fsp3) is 1.00. The van der Waals surface area contributed by atoms with Crippen molar-refractivity contribution in [1.29, 1.82) is 0 Å². The molecule has 0 heterocycles. The van der Waals surface area contributed by atoms with E-state index in [0.29, 0.717) is 16.6 Å². The molecule has 0 spiro atoms. The number of rotatable bonds is 7. The van der Waals surface area contributed by atoms with Crippen LogP contribution in [0.5, 0.6) is 0 Å². The van der Waals surface area contributed by atoms with Gasteiger partial charge in [0.25, 0.3) is 0 Å². The molecule has 0 atom stereocenters. The van der Waals surface area contributed by atoms with Gasteiger partial charge in [0.15, 0.2) is 8.32 Å². The predicted octanol–water partition coefficient (Wildman–Crippen LogP) is 4.09. The van der Waals surface area contributed by atoms with E-state index in [0.717, 1.165) is 25.9 Å². The molecule has 0 saturated heterocycles. The molecule has 0 aromatic carbocycles. The third-order valence-corrected chi connectivity index (χ3v) is 10.6. The van der Waals surface area contributed by atoms with E-state index in [4.69, 9.17) is 4.43 Å². The van der Waals surface area contributed by atoms with E-state index in [1.54, 1.807) is 0 Å². The van der Waals surface area contributed by atoms with Crippen LogP contribution in [0.1, 0.15) is 60.8 Å². The van der Waals surface area contributed by atoms with Crippen LogP contribution < -0.4 is 0 Å². The summed E-state index contributed by atoms with van der Waals surface area (Å²) < 4.78 is 6.41. The minimum Gasteiger partial charge on any atom is -0.416 e. The topological polar surface area (TPSA) is 29.5 Å². The smallest absolute Gasteiger partial charge is 0.200 e. The summed E-state index contributed by atoms with van der Waals surface area (Å²) in [5.74, 6) is 0. The number of hydrogen-bond donors (Lipinski definition) is 1. The summed E-state index contributed by atoms with van der Waals surface area (Å²) in [4.78, 5) is 0. The van der Waals surface area contributed by atoms with Crippen LogP contribution in [0.3, 0.4) is 0 Å². The van der Waals surface area contributed by atoms with Crippen molar-refractivity contribution in [3.8, 4) is 0 Å². The second-order valence-corrected chi connectivity index (χ2v) is 12.1. The van der Waals surface area contributed by atoms with Gasteiger partial charge in [-0.05, 0) is 35.9 Å². The molecule has 0 aromatic heterocycles. The molecule has 1 aliphatic rings. The second-order valence-electron chi connectivity index (χ2n) is 6.64. The highest BCUT2D eigenvalue weighted by atomic mass is 28.4. The van der Waals surface area contributed by atoms with Crippen molar-refractivity contribution in [2.24, 2.45) is 0 Å². The van der Waals surface area contributed by atoms with Crippen molar-refractivity contribution in [2.45, 2.75) is 83.0 Å². The first-order chi connectivity index (χ1) is 7.74. The van der Waals surface area contributed by atoms with Crippen LogP contribution in [-0.2, 0) is 4.43 Å². The monoisotopic (exact) mass is 258 g/mol. The highest BCUT2D eigenvalue weighted by molar-refractivity contribution is 6.77. The zero-order valence-corrected chi connectivity index (χ0v) is 13.4. The minimum absolute atomic E-state index is 0.370. The minimum atomic E-state index is -1.71. The first kappa shape index (κ1) is 15.2. The molecule has 17 heavy (non-hydrogen) atoms. The van der Waals surface area contributed by atoms with Crippen molar-refractivity contribution < 1.29 is 9.53 Å². The Bertz CT molecular complexity index is 223. The third-order valence-electron chi connectivity index (χ3n) is 4.45. The van der Waals surface area contributed by atoms with Crippen molar-refractivity contribution >= 4 is 8.32 Å². The van der Waals surface area contributed by atoms with Crippen molar-refractivity contribution in [3.63, 3.8) is 0 Å². The molecule has 1 rings (SSSR count). The summed E-state index contributed by atoms with van der Waals surface area (Å²) in [6.07, 6.45) is 2.76. The van der Waals surface area contributed by atoms with Crippen molar-refractivity contribution in [1.82, 2.24) is 0 Å². The molecule has 0 aromatic rings. The molecule has 1 saturated carbocycles. The SMILES string of the molecule is CC(C)[Si](OCCC1(O)CC1)(C(C)C)C(C)C. The Kier molecular flexibility index (Phi) is 4.84. The lowest BCUT2D eigenvalue weighted by Gasteiger charge is -2.42. The summed E-state index contributed by atoms with van der Waals surface area (Å²) in [6.45, 7) is 14.6. The lowest BCUT2D eigenvalue weighted by Crippen LogP contribution is -2.48. The summed E-state index contributed by atoms with van der Waals surface area (Å²) in [5, 5.41) is 9.88. The average molecular weight is 258 g/mol. The molecule has 1 aliphatic carbocycles. The normalized spacial score (nSPS) is 19.4. The van der Waals surface area contributed by atoms with Gasteiger partial charge in [-0.3, -0.25) is 0 Å². The highest BCUT2D eigenvalue weighted by Gasteiger charge is 2.46. The number of hydrogen-bond acceptors (Lipinski definition) is 2. The number of aliphatic hydroxyl groups is 1. The van der Waals surface area contributed by atoms with Crippen LogP contribution >= 0.6 is 0 Å². The van der Waals surface area contributed by atoms with Gasteiger partial charge in [0.2, 0.25) is 0 Å². The van der Waals surface area contributed by atoms with Crippen LogP contribution in [0.25, 0.3) is 0 Å². The molecule has 0 radical (unpaired) electrons. The molecule has 0 unspecified atom stereocenters. The second kappa shape index (κ2) is 5.41. The largest absolute Gasteiger partial charge is 0.416 e. The summed E-state index contributed by atoms with van der Waals surface area (Å²) >= 11 is 0. The maximum atomic E-state index is 9.88. The fourth-order valence-electron chi connectivity index (χ4n) is 3.31. The van der Waals surface area contributed by atoms with Gasteiger partial charge in [-0.2, -0.15) is 0 Å². The Balaban J connectivity index is 2.61. The quantitative estimate of drug-likeness (QED) is 0.697. The first-order valence-electron chi connectivity index (χ1n) is 7.11. The summed E-state index contributed by atoms with van der Waals surface area (Å²) in [5.41, 5.74) is 1.54. The fourth-order valence-corrected chi connectivity index (χ4v) is 8.77. The molecule has 2 nitrogen and oxygen atoms in total. The van der Waals surface area contributed by atoms with Gasteiger partial charge < -0.3 is 9.53 Å². The molecule has 0 amide bonds. The predicted molar refractivity (Wildman–Crippen MR) is 75.8 cm³/mol. The van der Waals surface area contributed by atoms with E-state index in [9.17, 15) is 5.11 Å². The Hall–Kier alpha value is 0.137. The maximum absolute atomic E-state index is 9.88. The lowest BCUT2D eigenvalue weighted by atomic mass is 10.2. The van der Waals surface area contributed by atoms with E-state index in [1.165, 1.54) is 0 Å². The molecule has 102 valence electrons. The maximum Gasteiger partial charge on any atom is 0.200 e. The highest BCUT2D eigenvalue weighted by Crippen LogP contribution is 2.44. The van der Waals surface area contributed by atoms with Crippen LogP contribution in [0.15, 0.2) is 0 Å². The van der Waals surface area contributed by atoms with Crippen LogP contribution in [-0.4, -0.2) is 25.6 Å². The molecule has 3 heteroatoms. The van der Waals surface area contributed by atoms with Gasteiger partial charge in [-0.1, -0.05) is 41.5 Å². The Morgan fingerprint density at radius 1 is 1.00 bits per heavy atom. The van der Waals surface area contributed by atoms with Crippen molar-refractivity contribution in [3.05, 3.63) is 0 Å². The molecule has 1 N–H and O–H groups in total. The van der Waals surface area contributed by atoms with Gasteiger partial charge >= 0.3 is 0 Å². The standard InChI is InChI=1S/C14H30O2Si/c1-11(2)17(12(3)4,13(5)6)16-10-9-14(15)7-8-14/h11-13,15H,7-10H2,1-6H3.